The van der Waals surface area contributed by atoms with E-state index in [1.165, 1.54) is 6.42 Å². The normalized spacial score (nSPS) is 20.5. The van der Waals surface area contributed by atoms with E-state index < -0.39 is 0 Å². The molecule has 4 nitrogen and oxygen atoms in total. The fourth-order valence-corrected chi connectivity index (χ4v) is 2.30. The van der Waals surface area contributed by atoms with Gasteiger partial charge >= 0.3 is 0 Å². The Kier molecular flexibility index (Phi) is 7.21. The molecule has 100 valence electrons. The molecule has 1 amide bonds. The average Bonchev–Trinajstić information content (AvgIpc) is 2.38. The van der Waals surface area contributed by atoms with Gasteiger partial charge in [0.25, 0.3) is 0 Å². The van der Waals surface area contributed by atoms with Crippen molar-refractivity contribution in [3.05, 3.63) is 0 Å². The largest absolute Gasteiger partial charge is 0.355 e. The first-order chi connectivity index (χ1) is 8.27. The van der Waals surface area contributed by atoms with Crippen molar-refractivity contribution in [2.75, 3.05) is 39.3 Å². The van der Waals surface area contributed by atoms with Gasteiger partial charge in [0.05, 0.1) is 5.92 Å². The molecule has 1 rings (SSSR count). The Morgan fingerprint density at radius 1 is 1.41 bits per heavy atom. The van der Waals surface area contributed by atoms with E-state index in [9.17, 15) is 4.79 Å². The van der Waals surface area contributed by atoms with Crippen LogP contribution < -0.4 is 10.6 Å². The zero-order chi connectivity index (χ0) is 12.5. The molecule has 1 atom stereocenters. The van der Waals surface area contributed by atoms with Crippen molar-refractivity contribution in [3.8, 4) is 0 Å². The molecular weight excluding hydrogens is 214 g/mol. The lowest BCUT2D eigenvalue weighted by atomic mass is 9.99. The van der Waals surface area contributed by atoms with Gasteiger partial charge in [-0.25, -0.2) is 0 Å². The predicted molar refractivity (Wildman–Crippen MR) is 71.0 cm³/mol. The number of piperidine rings is 1. The maximum atomic E-state index is 11.9. The third-order valence-electron chi connectivity index (χ3n) is 3.38. The molecule has 0 radical (unpaired) electrons. The Morgan fingerprint density at radius 2 is 2.24 bits per heavy atom. The van der Waals surface area contributed by atoms with Gasteiger partial charge in [0.1, 0.15) is 0 Å². The van der Waals surface area contributed by atoms with Gasteiger partial charge in [-0.15, -0.1) is 0 Å². The third kappa shape index (κ3) is 5.50. The molecule has 1 aliphatic heterocycles. The molecule has 4 heteroatoms. The first-order valence-electron chi connectivity index (χ1n) is 6.98. The van der Waals surface area contributed by atoms with Crippen molar-refractivity contribution in [2.24, 2.45) is 5.92 Å². The van der Waals surface area contributed by atoms with E-state index >= 15 is 0 Å². The van der Waals surface area contributed by atoms with Crippen LogP contribution in [0.1, 0.15) is 33.1 Å². The molecule has 17 heavy (non-hydrogen) atoms. The highest BCUT2D eigenvalue weighted by Crippen LogP contribution is 2.09. The predicted octanol–water partition coefficient (Wildman–Crippen LogP) is 0.834. The summed E-state index contributed by atoms with van der Waals surface area (Å²) in [5.74, 6) is 0.412. The van der Waals surface area contributed by atoms with Gasteiger partial charge in [-0.2, -0.15) is 0 Å². The first kappa shape index (κ1) is 14.5. The summed E-state index contributed by atoms with van der Waals surface area (Å²) >= 11 is 0. The van der Waals surface area contributed by atoms with Gasteiger partial charge in [0, 0.05) is 19.6 Å². The highest BCUT2D eigenvalue weighted by molar-refractivity contribution is 5.78. The third-order valence-corrected chi connectivity index (χ3v) is 3.38. The van der Waals surface area contributed by atoms with Crippen molar-refractivity contribution in [1.29, 1.82) is 0 Å². The van der Waals surface area contributed by atoms with Gasteiger partial charge in [-0.05, 0) is 38.9 Å². The minimum absolute atomic E-state index is 0.185. The van der Waals surface area contributed by atoms with E-state index in [0.717, 1.165) is 52.1 Å². The summed E-state index contributed by atoms with van der Waals surface area (Å²) in [5.41, 5.74) is 0. The molecule has 1 heterocycles. The lowest BCUT2D eigenvalue weighted by Gasteiger charge is -2.23. The Morgan fingerprint density at radius 3 is 2.82 bits per heavy atom. The van der Waals surface area contributed by atoms with E-state index in [-0.39, 0.29) is 11.8 Å². The maximum absolute atomic E-state index is 11.9. The standard InChI is InChI=1S/C13H27N3O/c1-3-9-16(4-2)10-8-15-13(17)12-6-5-7-14-11-12/h12,14H,3-11H2,1-2H3,(H,15,17)/t12-/m0/s1. The van der Waals surface area contributed by atoms with Gasteiger partial charge in [0.15, 0.2) is 0 Å². The topological polar surface area (TPSA) is 44.4 Å². The lowest BCUT2D eigenvalue weighted by Crippen LogP contribution is -2.43. The summed E-state index contributed by atoms with van der Waals surface area (Å²) in [7, 11) is 0. The number of carbonyl (C=O) groups is 1. The molecule has 0 bridgehead atoms. The molecule has 0 saturated carbocycles. The second-order valence-corrected chi connectivity index (χ2v) is 4.77. The smallest absolute Gasteiger partial charge is 0.224 e. The molecule has 0 spiro atoms. The van der Waals surface area contributed by atoms with Crippen LogP contribution in [0.4, 0.5) is 0 Å². The van der Waals surface area contributed by atoms with E-state index in [1.807, 2.05) is 0 Å². The van der Waals surface area contributed by atoms with Crippen LogP contribution in [0.15, 0.2) is 0 Å². The number of carbonyl (C=O) groups excluding carboxylic acids is 1. The van der Waals surface area contributed by atoms with Crippen molar-refractivity contribution >= 4 is 5.91 Å². The Balaban J connectivity index is 2.14. The summed E-state index contributed by atoms with van der Waals surface area (Å²) in [6.45, 7) is 10.2. The SMILES string of the molecule is CCCN(CC)CCNC(=O)[C@H]1CCCNC1. The second kappa shape index (κ2) is 8.48. The minimum Gasteiger partial charge on any atom is -0.355 e. The van der Waals surface area contributed by atoms with Crippen LogP contribution in [0.5, 0.6) is 0 Å². The van der Waals surface area contributed by atoms with Crippen LogP contribution >= 0.6 is 0 Å². The zero-order valence-corrected chi connectivity index (χ0v) is 11.3. The minimum atomic E-state index is 0.185. The van der Waals surface area contributed by atoms with Gasteiger partial charge in [-0.1, -0.05) is 13.8 Å². The fraction of sp³-hybridized carbons (Fsp3) is 0.923. The summed E-state index contributed by atoms with van der Waals surface area (Å²) < 4.78 is 0. The highest BCUT2D eigenvalue weighted by Gasteiger charge is 2.20. The summed E-state index contributed by atoms with van der Waals surface area (Å²) in [6, 6.07) is 0. The van der Waals surface area contributed by atoms with Crippen LogP contribution in [0, 0.1) is 5.92 Å². The van der Waals surface area contributed by atoms with Gasteiger partial charge in [0.2, 0.25) is 5.91 Å². The summed E-state index contributed by atoms with van der Waals surface area (Å²) in [4.78, 5) is 14.2. The molecule has 0 unspecified atom stereocenters. The Hall–Kier alpha value is -0.610. The summed E-state index contributed by atoms with van der Waals surface area (Å²) in [6.07, 6.45) is 3.33. The summed E-state index contributed by atoms with van der Waals surface area (Å²) in [5, 5.41) is 6.33. The molecule has 1 saturated heterocycles. The van der Waals surface area contributed by atoms with Crippen LogP contribution in [0.25, 0.3) is 0 Å². The van der Waals surface area contributed by atoms with Crippen molar-refractivity contribution in [2.45, 2.75) is 33.1 Å². The number of nitrogens with one attached hydrogen (secondary N) is 2. The molecule has 2 N–H and O–H groups in total. The molecule has 0 aromatic carbocycles. The van der Waals surface area contributed by atoms with Gasteiger partial charge in [-0.3, -0.25) is 4.79 Å². The second-order valence-electron chi connectivity index (χ2n) is 4.77. The molecule has 0 aliphatic carbocycles. The van der Waals surface area contributed by atoms with E-state index in [2.05, 4.69) is 29.4 Å². The number of hydrogen-bond acceptors (Lipinski definition) is 3. The Labute approximate surface area is 105 Å². The number of hydrogen-bond donors (Lipinski definition) is 2. The maximum Gasteiger partial charge on any atom is 0.224 e. The molecule has 1 fully saturated rings. The molecule has 1 aliphatic rings. The van der Waals surface area contributed by atoms with Crippen LogP contribution in [-0.4, -0.2) is 50.1 Å². The quantitative estimate of drug-likeness (QED) is 0.694. The first-order valence-corrected chi connectivity index (χ1v) is 6.98. The van der Waals surface area contributed by atoms with Crippen LogP contribution in [-0.2, 0) is 4.79 Å². The molecular formula is C13H27N3O. The van der Waals surface area contributed by atoms with Crippen LogP contribution in [0.2, 0.25) is 0 Å². The molecule has 0 aromatic rings. The van der Waals surface area contributed by atoms with Crippen molar-refractivity contribution < 1.29 is 4.79 Å². The van der Waals surface area contributed by atoms with Crippen molar-refractivity contribution in [3.63, 3.8) is 0 Å². The Bertz CT molecular complexity index is 215. The van der Waals surface area contributed by atoms with E-state index in [1.54, 1.807) is 0 Å². The number of nitrogens with zero attached hydrogens (tertiary/aromatic N) is 1. The van der Waals surface area contributed by atoms with Gasteiger partial charge < -0.3 is 15.5 Å². The number of amides is 1. The van der Waals surface area contributed by atoms with E-state index in [4.69, 9.17) is 0 Å². The zero-order valence-electron chi connectivity index (χ0n) is 11.3. The highest BCUT2D eigenvalue weighted by atomic mass is 16.1. The van der Waals surface area contributed by atoms with Crippen LogP contribution in [0.3, 0.4) is 0 Å². The molecule has 0 aromatic heterocycles. The fourth-order valence-electron chi connectivity index (χ4n) is 2.30. The van der Waals surface area contributed by atoms with E-state index in [0.29, 0.717) is 0 Å². The average molecular weight is 241 g/mol. The lowest BCUT2D eigenvalue weighted by molar-refractivity contribution is -0.125. The number of likely N-dealkylation sites (N-methyl/N-ethyl adjacent to an activating group) is 1. The monoisotopic (exact) mass is 241 g/mol. The van der Waals surface area contributed by atoms with Crippen molar-refractivity contribution in [1.82, 2.24) is 15.5 Å². The number of rotatable bonds is 7.